The molecule has 0 saturated carbocycles. The molecule has 1 aromatic carbocycles. The summed E-state index contributed by atoms with van der Waals surface area (Å²) in [4.78, 5) is 7.87. The lowest BCUT2D eigenvalue weighted by molar-refractivity contribution is 0.414. The van der Waals surface area contributed by atoms with Gasteiger partial charge in [0, 0.05) is 12.3 Å². The van der Waals surface area contributed by atoms with Crippen molar-refractivity contribution < 1.29 is 13.5 Å². The van der Waals surface area contributed by atoms with Crippen LogP contribution < -0.4 is 4.74 Å². The van der Waals surface area contributed by atoms with Gasteiger partial charge < -0.3 is 9.15 Å². The summed E-state index contributed by atoms with van der Waals surface area (Å²) in [5, 5.41) is 0. The van der Waals surface area contributed by atoms with Gasteiger partial charge in [-0.05, 0) is 24.3 Å². The van der Waals surface area contributed by atoms with Crippen LogP contribution >= 0.6 is 0 Å². The zero-order chi connectivity index (χ0) is 12.5. The Bertz CT molecular complexity index is 692. The van der Waals surface area contributed by atoms with Gasteiger partial charge >= 0.3 is 0 Å². The predicted octanol–water partition coefficient (Wildman–Crippen LogP) is 3.04. The molecule has 2 aromatic heterocycles. The topological polar surface area (TPSA) is 48.2 Å². The molecule has 0 aliphatic carbocycles. The summed E-state index contributed by atoms with van der Waals surface area (Å²) in [6, 6.07) is 8.20. The number of nitrogens with zero attached hydrogens (tertiary/aromatic N) is 2. The number of hydrogen-bond donors (Lipinski definition) is 0. The molecule has 4 nitrogen and oxygen atoms in total. The van der Waals surface area contributed by atoms with E-state index in [1.54, 1.807) is 31.4 Å². The van der Waals surface area contributed by atoms with E-state index in [4.69, 9.17) is 9.15 Å². The summed E-state index contributed by atoms with van der Waals surface area (Å²) in [6.07, 6.45) is 1.39. The fourth-order valence-corrected chi connectivity index (χ4v) is 1.66. The average Bonchev–Trinajstić information content (AvgIpc) is 2.82. The predicted molar refractivity (Wildman–Crippen MR) is 63.8 cm³/mol. The second-order valence-electron chi connectivity index (χ2n) is 3.72. The molecule has 0 amide bonds. The van der Waals surface area contributed by atoms with Crippen LogP contribution in [0.25, 0.3) is 22.6 Å². The van der Waals surface area contributed by atoms with Crippen molar-refractivity contribution in [1.82, 2.24) is 9.97 Å². The largest absolute Gasteiger partial charge is 0.497 e. The number of pyridine rings is 1. The zero-order valence-electron chi connectivity index (χ0n) is 9.55. The zero-order valence-corrected chi connectivity index (χ0v) is 9.55. The molecule has 0 N–H and O–H groups in total. The van der Waals surface area contributed by atoms with Crippen molar-refractivity contribution in [2.45, 2.75) is 0 Å². The standard InChI is InChI=1S/C13H9FN2O2/c1-17-9-3-4-10-11(6-9)18-13(16-10)8-2-5-12(14)15-7-8/h2-7H,1H3. The van der Waals surface area contributed by atoms with Crippen molar-refractivity contribution in [1.29, 1.82) is 0 Å². The number of rotatable bonds is 2. The van der Waals surface area contributed by atoms with E-state index in [-0.39, 0.29) is 0 Å². The van der Waals surface area contributed by atoms with Crippen LogP contribution in [0, 0.1) is 5.95 Å². The van der Waals surface area contributed by atoms with Crippen molar-refractivity contribution in [3.63, 3.8) is 0 Å². The number of ether oxygens (including phenoxy) is 1. The van der Waals surface area contributed by atoms with Crippen LogP contribution in [0.2, 0.25) is 0 Å². The lowest BCUT2D eigenvalue weighted by Crippen LogP contribution is -1.83. The van der Waals surface area contributed by atoms with Crippen molar-refractivity contribution in [2.24, 2.45) is 0 Å². The van der Waals surface area contributed by atoms with Gasteiger partial charge in [-0.3, -0.25) is 0 Å². The van der Waals surface area contributed by atoms with E-state index in [0.29, 0.717) is 22.8 Å². The second kappa shape index (κ2) is 4.10. The molecule has 0 radical (unpaired) electrons. The molecule has 18 heavy (non-hydrogen) atoms. The minimum absolute atomic E-state index is 0.408. The van der Waals surface area contributed by atoms with E-state index in [0.717, 1.165) is 5.52 Å². The summed E-state index contributed by atoms with van der Waals surface area (Å²) in [7, 11) is 1.59. The minimum Gasteiger partial charge on any atom is -0.497 e. The maximum Gasteiger partial charge on any atom is 0.228 e. The molecule has 90 valence electrons. The number of methoxy groups -OCH3 is 1. The smallest absolute Gasteiger partial charge is 0.228 e. The van der Waals surface area contributed by atoms with E-state index in [1.807, 2.05) is 0 Å². The lowest BCUT2D eigenvalue weighted by atomic mass is 10.3. The minimum atomic E-state index is -0.531. The van der Waals surface area contributed by atoms with Crippen LogP contribution in [0.5, 0.6) is 5.75 Å². The first kappa shape index (κ1) is 10.7. The van der Waals surface area contributed by atoms with Crippen LogP contribution in [0.1, 0.15) is 0 Å². The Kier molecular flexibility index (Phi) is 2.44. The number of oxazole rings is 1. The second-order valence-corrected chi connectivity index (χ2v) is 3.72. The average molecular weight is 244 g/mol. The Morgan fingerprint density at radius 3 is 2.83 bits per heavy atom. The van der Waals surface area contributed by atoms with Gasteiger partial charge in [0.2, 0.25) is 11.8 Å². The molecule has 0 bridgehead atoms. The van der Waals surface area contributed by atoms with Gasteiger partial charge in [0.15, 0.2) is 5.58 Å². The third-order valence-corrected chi connectivity index (χ3v) is 2.57. The van der Waals surface area contributed by atoms with E-state index in [1.165, 1.54) is 12.3 Å². The molecular weight excluding hydrogens is 235 g/mol. The highest BCUT2D eigenvalue weighted by atomic mass is 19.1. The van der Waals surface area contributed by atoms with Gasteiger partial charge in [-0.25, -0.2) is 9.97 Å². The molecule has 0 aliphatic heterocycles. The number of fused-ring (bicyclic) bond motifs is 1. The molecular formula is C13H9FN2O2. The molecule has 2 heterocycles. The number of benzene rings is 1. The first-order chi connectivity index (χ1) is 8.76. The van der Waals surface area contributed by atoms with Crippen LogP contribution in [0.15, 0.2) is 40.9 Å². The number of aromatic nitrogens is 2. The molecule has 0 fully saturated rings. The SMILES string of the molecule is COc1ccc2nc(-c3ccc(F)nc3)oc2c1. The first-order valence-electron chi connectivity index (χ1n) is 5.33. The number of halogens is 1. The normalized spacial score (nSPS) is 10.8. The summed E-state index contributed by atoms with van der Waals surface area (Å²) >= 11 is 0. The lowest BCUT2D eigenvalue weighted by Gasteiger charge is -1.96. The van der Waals surface area contributed by atoms with Crippen molar-refractivity contribution in [3.8, 4) is 17.2 Å². The Balaban J connectivity index is 2.10. The molecule has 3 aromatic rings. The maximum absolute atomic E-state index is 12.7. The van der Waals surface area contributed by atoms with E-state index in [9.17, 15) is 4.39 Å². The third-order valence-electron chi connectivity index (χ3n) is 2.57. The molecule has 0 atom stereocenters. The van der Waals surface area contributed by atoms with Gasteiger partial charge in [-0.1, -0.05) is 0 Å². The fraction of sp³-hybridized carbons (Fsp3) is 0.0769. The van der Waals surface area contributed by atoms with Crippen LogP contribution in [-0.2, 0) is 0 Å². The fourth-order valence-electron chi connectivity index (χ4n) is 1.66. The summed E-state index contributed by atoms with van der Waals surface area (Å²) < 4.78 is 23.4. The molecule has 3 rings (SSSR count). The molecule has 0 unspecified atom stereocenters. The highest BCUT2D eigenvalue weighted by molar-refractivity contribution is 5.77. The highest BCUT2D eigenvalue weighted by Gasteiger charge is 2.09. The van der Waals surface area contributed by atoms with Gasteiger partial charge in [-0.2, -0.15) is 4.39 Å². The Hall–Kier alpha value is -2.43. The van der Waals surface area contributed by atoms with Crippen molar-refractivity contribution in [2.75, 3.05) is 7.11 Å². The molecule has 0 spiro atoms. The monoisotopic (exact) mass is 244 g/mol. The third kappa shape index (κ3) is 1.79. The summed E-state index contributed by atoms with van der Waals surface area (Å²) in [6.45, 7) is 0. The van der Waals surface area contributed by atoms with Crippen molar-refractivity contribution >= 4 is 11.1 Å². The first-order valence-corrected chi connectivity index (χ1v) is 5.33. The Labute approximate surface area is 102 Å². The molecule has 5 heteroatoms. The highest BCUT2D eigenvalue weighted by Crippen LogP contribution is 2.26. The van der Waals surface area contributed by atoms with Crippen LogP contribution in [0.4, 0.5) is 4.39 Å². The number of hydrogen-bond acceptors (Lipinski definition) is 4. The summed E-state index contributed by atoms with van der Waals surface area (Å²) in [5.41, 5.74) is 1.97. The summed E-state index contributed by atoms with van der Waals surface area (Å²) in [5.74, 6) is 0.574. The quantitative estimate of drug-likeness (QED) is 0.650. The van der Waals surface area contributed by atoms with Gasteiger partial charge in [0.1, 0.15) is 11.3 Å². The van der Waals surface area contributed by atoms with E-state index in [2.05, 4.69) is 9.97 Å². The molecule has 0 aliphatic rings. The van der Waals surface area contributed by atoms with Crippen LogP contribution in [-0.4, -0.2) is 17.1 Å². The Morgan fingerprint density at radius 2 is 2.11 bits per heavy atom. The maximum atomic E-state index is 12.7. The van der Waals surface area contributed by atoms with Gasteiger partial charge in [0.05, 0.1) is 12.7 Å². The van der Waals surface area contributed by atoms with Crippen molar-refractivity contribution in [3.05, 3.63) is 42.5 Å². The Morgan fingerprint density at radius 1 is 1.22 bits per heavy atom. The van der Waals surface area contributed by atoms with E-state index < -0.39 is 5.95 Å². The van der Waals surface area contributed by atoms with E-state index >= 15 is 0 Å². The van der Waals surface area contributed by atoms with Gasteiger partial charge in [0.25, 0.3) is 0 Å². The van der Waals surface area contributed by atoms with Crippen LogP contribution in [0.3, 0.4) is 0 Å². The van der Waals surface area contributed by atoms with Gasteiger partial charge in [-0.15, -0.1) is 0 Å². The molecule has 0 saturated heterocycles.